The quantitative estimate of drug-likeness (QED) is 0.737. The Kier molecular flexibility index (Phi) is 6.24. The van der Waals surface area contributed by atoms with Gasteiger partial charge in [-0.15, -0.1) is 11.3 Å². The maximum atomic E-state index is 11.7. The van der Waals surface area contributed by atoms with Gasteiger partial charge in [0.2, 0.25) is 5.91 Å². The molecule has 0 aliphatic rings. The van der Waals surface area contributed by atoms with E-state index in [1.807, 2.05) is 11.4 Å². The predicted molar refractivity (Wildman–Crippen MR) is 84.1 cm³/mol. The van der Waals surface area contributed by atoms with Gasteiger partial charge in [-0.1, -0.05) is 6.07 Å². The number of aliphatic hydroxyl groups is 1. The van der Waals surface area contributed by atoms with Gasteiger partial charge in [-0.3, -0.25) is 4.79 Å². The van der Waals surface area contributed by atoms with Crippen LogP contribution in [0.15, 0.2) is 46.4 Å². The number of carbonyl (C=O) groups excluding carboxylic acids is 1. The van der Waals surface area contributed by atoms with Gasteiger partial charge in [0.1, 0.15) is 5.76 Å². The molecule has 0 aliphatic heterocycles. The molecule has 0 fully saturated rings. The molecule has 2 aromatic rings. The van der Waals surface area contributed by atoms with Crippen LogP contribution in [-0.2, 0) is 4.79 Å². The van der Waals surface area contributed by atoms with Crippen LogP contribution in [0.2, 0.25) is 0 Å². The van der Waals surface area contributed by atoms with E-state index < -0.39 is 0 Å². The molecule has 1 atom stereocenters. The average molecular weight is 305 g/mol. The number of hydrogen-bond donors (Lipinski definition) is 2. The van der Waals surface area contributed by atoms with Gasteiger partial charge in [-0.05, 0) is 48.4 Å². The summed E-state index contributed by atoms with van der Waals surface area (Å²) in [6.45, 7) is 0.749. The first-order valence-electron chi connectivity index (χ1n) is 6.93. The van der Waals surface area contributed by atoms with E-state index in [4.69, 9.17) is 9.52 Å². The maximum Gasteiger partial charge on any atom is 0.244 e. The first kappa shape index (κ1) is 15.5. The molecule has 0 spiro atoms. The summed E-state index contributed by atoms with van der Waals surface area (Å²) < 4.78 is 5.11. The molecule has 1 unspecified atom stereocenters. The largest absolute Gasteiger partial charge is 0.465 e. The van der Waals surface area contributed by atoms with Crippen LogP contribution in [-0.4, -0.2) is 24.2 Å². The summed E-state index contributed by atoms with van der Waals surface area (Å²) in [6, 6.07) is 7.65. The molecular formula is C16H19NO3S. The average Bonchev–Trinajstić information content (AvgIpc) is 3.17. The van der Waals surface area contributed by atoms with Crippen molar-refractivity contribution in [1.29, 1.82) is 0 Å². The lowest BCUT2D eigenvalue weighted by molar-refractivity contribution is -0.116. The summed E-state index contributed by atoms with van der Waals surface area (Å²) in [5, 5.41) is 14.0. The van der Waals surface area contributed by atoms with Crippen molar-refractivity contribution in [1.82, 2.24) is 5.32 Å². The lowest BCUT2D eigenvalue weighted by atomic mass is 10.00. The number of thiophene rings is 1. The Bertz CT molecular complexity index is 546. The minimum absolute atomic E-state index is 0.139. The molecule has 2 heterocycles. The van der Waals surface area contributed by atoms with Crippen LogP contribution in [0.25, 0.3) is 6.08 Å². The van der Waals surface area contributed by atoms with E-state index in [0.717, 1.165) is 12.8 Å². The van der Waals surface area contributed by atoms with Crippen molar-refractivity contribution in [2.45, 2.75) is 18.8 Å². The fraction of sp³-hybridized carbons (Fsp3) is 0.312. The SMILES string of the molecule is O=C(/C=C/c1ccco1)NCCC(CCO)c1cccs1. The number of furan rings is 1. The van der Waals surface area contributed by atoms with Crippen molar-refractivity contribution in [2.75, 3.05) is 13.2 Å². The van der Waals surface area contributed by atoms with Gasteiger partial charge in [-0.2, -0.15) is 0 Å². The normalized spacial score (nSPS) is 12.6. The summed E-state index contributed by atoms with van der Waals surface area (Å²) in [7, 11) is 0. The highest BCUT2D eigenvalue weighted by atomic mass is 32.1. The van der Waals surface area contributed by atoms with Crippen LogP contribution in [0.1, 0.15) is 29.4 Å². The molecule has 0 saturated carbocycles. The van der Waals surface area contributed by atoms with E-state index in [1.165, 1.54) is 11.0 Å². The molecule has 0 aromatic carbocycles. The van der Waals surface area contributed by atoms with Crippen molar-refractivity contribution in [3.63, 3.8) is 0 Å². The van der Waals surface area contributed by atoms with Gasteiger partial charge in [-0.25, -0.2) is 0 Å². The molecule has 5 heteroatoms. The summed E-state index contributed by atoms with van der Waals surface area (Å²) in [6.07, 6.45) is 6.21. The van der Waals surface area contributed by atoms with E-state index >= 15 is 0 Å². The highest BCUT2D eigenvalue weighted by Gasteiger charge is 2.12. The van der Waals surface area contributed by atoms with Gasteiger partial charge < -0.3 is 14.8 Å². The van der Waals surface area contributed by atoms with Crippen LogP contribution < -0.4 is 5.32 Å². The smallest absolute Gasteiger partial charge is 0.244 e. The van der Waals surface area contributed by atoms with Crippen LogP contribution >= 0.6 is 11.3 Å². The van der Waals surface area contributed by atoms with Crippen molar-refractivity contribution in [3.05, 3.63) is 52.6 Å². The Morgan fingerprint density at radius 1 is 1.38 bits per heavy atom. The molecule has 21 heavy (non-hydrogen) atoms. The number of hydrogen-bond acceptors (Lipinski definition) is 4. The van der Waals surface area contributed by atoms with Gasteiger partial charge in [0, 0.05) is 24.1 Å². The Morgan fingerprint density at radius 2 is 2.29 bits per heavy atom. The first-order valence-corrected chi connectivity index (χ1v) is 7.81. The van der Waals surface area contributed by atoms with Crippen LogP contribution in [0.4, 0.5) is 0 Å². The summed E-state index contributed by atoms with van der Waals surface area (Å²) >= 11 is 1.69. The van der Waals surface area contributed by atoms with E-state index in [0.29, 0.717) is 18.2 Å². The standard InChI is InChI=1S/C16H19NO3S/c18-10-8-13(15-4-2-12-21-15)7-9-17-16(19)6-5-14-3-1-11-20-14/h1-6,11-13,18H,7-10H2,(H,17,19)/b6-5+. The second kappa shape index (κ2) is 8.44. The van der Waals surface area contributed by atoms with Crippen molar-refractivity contribution in [2.24, 2.45) is 0 Å². The van der Waals surface area contributed by atoms with Crippen LogP contribution in [0.5, 0.6) is 0 Å². The third kappa shape index (κ3) is 5.21. The molecule has 0 bridgehead atoms. The molecule has 0 radical (unpaired) electrons. The van der Waals surface area contributed by atoms with Gasteiger partial charge >= 0.3 is 0 Å². The zero-order valence-corrected chi connectivity index (χ0v) is 12.5. The molecule has 0 aliphatic carbocycles. The summed E-state index contributed by atoms with van der Waals surface area (Å²) in [5.41, 5.74) is 0. The summed E-state index contributed by atoms with van der Waals surface area (Å²) in [5.74, 6) is 0.812. The molecule has 2 rings (SSSR count). The molecule has 2 aromatic heterocycles. The van der Waals surface area contributed by atoms with Crippen molar-refractivity contribution < 1.29 is 14.3 Å². The molecule has 4 nitrogen and oxygen atoms in total. The van der Waals surface area contributed by atoms with Gasteiger partial charge in [0.15, 0.2) is 0 Å². The fourth-order valence-corrected chi connectivity index (χ4v) is 2.98. The highest BCUT2D eigenvalue weighted by molar-refractivity contribution is 7.10. The van der Waals surface area contributed by atoms with E-state index in [2.05, 4.69) is 11.4 Å². The third-order valence-corrected chi connectivity index (χ3v) is 4.19. The predicted octanol–water partition coefficient (Wildman–Crippen LogP) is 3.03. The molecule has 0 saturated heterocycles. The summed E-state index contributed by atoms with van der Waals surface area (Å²) in [4.78, 5) is 12.9. The minimum atomic E-state index is -0.139. The van der Waals surface area contributed by atoms with Crippen molar-refractivity contribution >= 4 is 23.3 Å². The zero-order valence-electron chi connectivity index (χ0n) is 11.7. The number of rotatable bonds is 8. The second-order valence-corrected chi connectivity index (χ2v) is 5.63. The maximum absolute atomic E-state index is 11.7. The number of nitrogens with one attached hydrogen (secondary N) is 1. The minimum Gasteiger partial charge on any atom is -0.465 e. The van der Waals surface area contributed by atoms with E-state index in [9.17, 15) is 4.79 Å². The Labute approximate surface area is 128 Å². The molecule has 1 amide bonds. The lowest BCUT2D eigenvalue weighted by Crippen LogP contribution is -2.23. The lowest BCUT2D eigenvalue weighted by Gasteiger charge is -2.14. The molecule has 112 valence electrons. The van der Waals surface area contributed by atoms with Crippen LogP contribution in [0, 0.1) is 0 Å². The molecular weight excluding hydrogens is 286 g/mol. The van der Waals surface area contributed by atoms with Gasteiger partial charge in [0.25, 0.3) is 0 Å². The van der Waals surface area contributed by atoms with Crippen molar-refractivity contribution in [3.8, 4) is 0 Å². The zero-order chi connectivity index (χ0) is 14.9. The molecule has 2 N–H and O–H groups in total. The Hall–Kier alpha value is -1.85. The van der Waals surface area contributed by atoms with Crippen LogP contribution in [0.3, 0.4) is 0 Å². The number of carbonyl (C=O) groups is 1. The monoisotopic (exact) mass is 305 g/mol. The first-order chi connectivity index (χ1) is 10.3. The number of aliphatic hydroxyl groups excluding tert-OH is 1. The fourth-order valence-electron chi connectivity index (χ4n) is 2.08. The van der Waals surface area contributed by atoms with Gasteiger partial charge in [0.05, 0.1) is 6.26 Å². The second-order valence-electron chi connectivity index (χ2n) is 4.65. The highest BCUT2D eigenvalue weighted by Crippen LogP contribution is 2.26. The topological polar surface area (TPSA) is 62.5 Å². The van der Waals surface area contributed by atoms with E-state index in [1.54, 1.807) is 35.8 Å². The third-order valence-electron chi connectivity index (χ3n) is 3.16. The Balaban J connectivity index is 1.75. The number of amides is 1. The Morgan fingerprint density at radius 3 is 2.95 bits per heavy atom. The van der Waals surface area contributed by atoms with E-state index in [-0.39, 0.29) is 12.5 Å².